The van der Waals surface area contributed by atoms with E-state index in [1.54, 1.807) is 11.1 Å². The Labute approximate surface area is 260 Å². The van der Waals surface area contributed by atoms with Gasteiger partial charge >= 0.3 is 0 Å². The molecule has 1 aromatic heterocycles. The van der Waals surface area contributed by atoms with Crippen LogP contribution in [0.4, 0.5) is 17.1 Å². The Morgan fingerprint density at radius 1 is 0.591 bits per heavy atom. The van der Waals surface area contributed by atoms with Crippen molar-refractivity contribution in [2.75, 3.05) is 4.90 Å². The molecule has 4 bridgehead atoms. The highest BCUT2D eigenvalue weighted by molar-refractivity contribution is 5.95. The largest absolute Gasteiger partial charge is 0.308 e. The van der Waals surface area contributed by atoms with Gasteiger partial charge in [0.15, 0.2) is 0 Å². The fourth-order valence-corrected chi connectivity index (χ4v) is 11.1. The van der Waals surface area contributed by atoms with Gasteiger partial charge in [0.1, 0.15) is 0 Å². The number of fused-ring (bicyclic) bond motifs is 6. The summed E-state index contributed by atoms with van der Waals surface area (Å²) < 4.78 is 0. The first-order valence-electron chi connectivity index (χ1n) is 16.7. The molecule has 6 aliphatic rings. The van der Waals surface area contributed by atoms with E-state index in [0.717, 1.165) is 29.4 Å². The Morgan fingerprint density at radius 2 is 1.27 bits per heavy atom. The van der Waals surface area contributed by atoms with Crippen LogP contribution in [0.5, 0.6) is 0 Å². The summed E-state index contributed by atoms with van der Waals surface area (Å²) in [6, 6.07) is 37.1. The second-order valence-electron chi connectivity index (χ2n) is 14.9. The lowest BCUT2D eigenvalue weighted by molar-refractivity contribution is -0.0399. The van der Waals surface area contributed by atoms with Crippen LogP contribution in [0.1, 0.15) is 68.2 Å². The number of rotatable bonds is 3. The molecular weight excluding hydrogens is 532 g/mol. The molecule has 4 aromatic carbocycles. The Hall–Kier alpha value is -4.17. The fourth-order valence-electron chi connectivity index (χ4n) is 11.1. The summed E-state index contributed by atoms with van der Waals surface area (Å²) >= 11 is 0. The lowest BCUT2D eigenvalue weighted by Crippen LogP contribution is -2.55. The number of pyridine rings is 1. The number of aromatic nitrogens is 1. The van der Waals surface area contributed by atoms with Crippen LogP contribution in [0.25, 0.3) is 22.3 Å². The summed E-state index contributed by atoms with van der Waals surface area (Å²) in [5.41, 5.74) is 15.3. The lowest BCUT2D eigenvalue weighted by atomic mass is 9.43. The maximum atomic E-state index is 4.63. The standard InChI is InChI=1S/C42H38N2/c1-41(2)35-12-5-4-11-34(35)40-37(41)14-7-15-39(40)44(31-9-8-18-43-25-31)30-16-17-33-32-10-3-6-13-36(32)42(38(33)24-30)28-20-26-19-27(22-28)23-29(42)21-26/h3-18,24-29H,19-23H2,1-2H3. The van der Waals surface area contributed by atoms with E-state index in [4.69, 9.17) is 0 Å². The maximum Gasteiger partial charge on any atom is 0.0645 e. The molecule has 11 rings (SSSR count). The molecule has 5 aromatic rings. The highest BCUT2D eigenvalue weighted by Gasteiger charge is 2.61. The number of hydrogen-bond donors (Lipinski definition) is 0. The predicted octanol–water partition coefficient (Wildman–Crippen LogP) is 10.6. The monoisotopic (exact) mass is 570 g/mol. The minimum absolute atomic E-state index is 0.0490. The van der Waals surface area contributed by atoms with Crippen LogP contribution in [0.3, 0.4) is 0 Å². The average molecular weight is 571 g/mol. The zero-order valence-corrected chi connectivity index (χ0v) is 25.6. The van der Waals surface area contributed by atoms with E-state index in [1.165, 1.54) is 76.9 Å². The van der Waals surface area contributed by atoms with E-state index in [-0.39, 0.29) is 10.8 Å². The van der Waals surface area contributed by atoms with Gasteiger partial charge < -0.3 is 4.90 Å². The molecule has 0 aliphatic heterocycles. The molecule has 0 N–H and O–H groups in total. The summed E-state index contributed by atoms with van der Waals surface area (Å²) in [5.74, 6) is 3.36. The molecule has 44 heavy (non-hydrogen) atoms. The molecule has 0 amide bonds. The molecule has 0 unspecified atom stereocenters. The normalized spacial score (nSPS) is 27.6. The van der Waals surface area contributed by atoms with Gasteiger partial charge in [0.25, 0.3) is 0 Å². The summed E-state index contributed by atoms with van der Waals surface area (Å²) in [6.45, 7) is 4.75. The zero-order valence-electron chi connectivity index (χ0n) is 25.6. The van der Waals surface area contributed by atoms with Gasteiger partial charge in [-0.15, -0.1) is 0 Å². The highest BCUT2D eigenvalue weighted by atomic mass is 15.2. The van der Waals surface area contributed by atoms with Crippen LogP contribution in [0, 0.1) is 23.7 Å². The van der Waals surface area contributed by atoms with Crippen LogP contribution in [0.2, 0.25) is 0 Å². The first kappa shape index (κ1) is 25.2. The van der Waals surface area contributed by atoms with Gasteiger partial charge in [0.2, 0.25) is 0 Å². The first-order valence-corrected chi connectivity index (χ1v) is 16.7. The third kappa shape index (κ3) is 3.09. The van der Waals surface area contributed by atoms with Gasteiger partial charge in [-0.1, -0.05) is 80.6 Å². The lowest BCUT2D eigenvalue weighted by Gasteiger charge is -2.61. The van der Waals surface area contributed by atoms with Crippen LogP contribution in [0.15, 0.2) is 109 Å². The maximum absolute atomic E-state index is 4.63. The summed E-state index contributed by atoms with van der Waals surface area (Å²) in [6.07, 6.45) is 11.0. The van der Waals surface area contributed by atoms with Crippen molar-refractivity contribution < 1.29 is 0 Å². The minimum atomic E-state index is -0.0490. The molecule has 0 radical (unpaired) electrons. The zero-order chi connectivity index (χ0) is 29.2. The SMILES string of the molecule is CC1(C)c2ccccc2-c2c(N(c3cccnc3)c3ccc4c(c3)C3(c5ccccc5-4)C4CC5CC(C4)CC3C5)cccc21. The number of nitrogens with zero attached hydrogens (tertiary/aromatic N) is 2. The molecule has 1 heterocycles. The van der Waals surface area contributed by atoms with Crippen molar-refractivity contribution in [1.29, 1.82) is 0 Å². The van der Waals surface area contributed by atoms with Crippen LogP contribution >= 0.6 is 0 Å². The molecule has 4 saturated carbocycles. The number of anilines is 3. The molecular formula is C42H38N2. The van der Waals surface area contributed by atoms with Gasteiger partial charge in [-0.05, 0) is 125 Å². The van der Waals surface area contributed by atoms with E-state index in [1.807, 2.05) is 12.4 Å². The molecule has 2 nitrogen and oxygen atoms in total. The van der Waals surface area contributed by atoms with Crippen molar-refractivity contribution >= 4 is 17.1 Å². The van der Waals surface area contributed by atoms with Crippen LogP contribution in [-0.4, -0.2) is 4.98 Å². The molecule has 4 fully saturated rings. The van der Waals surface area contributed by atoms with E-state index in [9.17, 15) is 0 Å². The average Bonchev–Trinajstić information content (AvgIpc) is 3.47. The Balaban J connectivity index is 1.22. The Bertz CT molecular complexity index is 1940. The predicted molar refractivity (Wildman–Crippen MR) is 180 cm³/mol. The highest BCUT2D eigenvalue weighted by Crippen LogP contribution is 2.69. The summed E-state index contributed by atoms with van der Waals surface area (Å²) in [4.78, 5) is 7.13. The van der Waals surface area contributed by atoms with Crippen LogP contribution < -0.4 is 4.90 Å². The molecule has 0 atom stereocenters. The van der Waals surface area contributed by atoms with Gasteiger partial charge in [-0.3, -0.25) is 4.98 Å². The van der Waals surface area contributed by atoms with Crippen molar-refractivity contribution in [2.24, 2.45) is 23.7 Å². The van der Waals surface area contributed by atoms with Gasteiger partial charge in [0.05, 0.1) is 17.6 Å². The quantitative estimate of drug-likeness (QED) is 0.214. The minimum Gasteiger partial charge on any atom is -0.308 e. The van der Waals surface area contributed by atoms with Crippen molar-refractivity contribution in [3.63, 3.8) is 0 Å². The van der Waals surface area contributed by atoms with Gasteiger partial charge in [0, 0.05) is 28.3 Å². The Kier molecular flexibility index (Phi) is 4.99. The molecule has 6 aliphatic carbocycles. The van der Waals surface area contributed by atoms with E-state index in [2.05, 4.69) is 121 Å². The van der Waals surface area contributed by atoms with Crippen LogP contribution in [-0.2, 0) is 10.8 Å². The third-order valence-corrected chi connectivity index (χ3v) is 12.5. The summed E-state index contributed by atoms with van der Waals surface area (Å²) in [5, 5.41) is 0. The topological polar surface area (TPSA) is 16.1 Å². The van der Waals surface area contributed by atoms with E-state index >= 15 is 0 Å². The van der Waals surface area contributed by atoms with Crippen molar-refractivity contribution in [1.82, 2.24) is 4.98 Å². The van der Waals surface area contributed by atoms with E-state index < -0.39 is 0 Å². The second kappa shape index (κ2) is 8.72. The molecule has 1 spiro atoms. The smallest absolute Gasteiger partial charge is 0.0645 e. The fraction of sp³-hybridized carbons (Fsp3) is 0.310. The second-order valence-corrected chi connectivity index (χ2v) is 14.9. The molecule has 2 heteroatoms. The van der Waals surface area contributed by atoms with Crippen molar-refractivity contribution in [3.8, 4) is 22.3 Å². The van der Waals surface area contributed by atoms with Gasteiger partial charge in [-0.2, -0.15) is 0 Å². The Morgan fingerprint density at radius 3 is 2.02 bits per heavy atom. The first-order chi connectivity index (χ1) is 21.5. The third-order valence-electron chi connectivity index (χ3n) is 12.5. The van der Waals surface area contributed by atoms with Crippen molar-refractivity contribution in [2.45, 2.75) is 56.8 Å². The van der Waals surface area contributed by atoms with E-state index in [0.29, 0.717) is 0 Å². The molecule has 0 saturated heterocycles. The number of hydrogen-bond acceptors (Lipinski definition) is 2. The van der Waals surface area contributed by atoms with Crippen molar-refractivity contribution in [3.05, 3.63) is 132 Å². The molecule has 216 valence electrons. The van der Waals surface area contributed by atoms with Gasteiger partial charge in [-0.25, -0.2) is 0 Å². The summed E-state index contributed by atoms with van der Waals surface area (Å²) in [7, 11) is 0. The number of benzene rings is 4.